The minimum atomic E-state index is -1.89. The number of carbonyl (C=O) groups is 1. The van der Waals surface area contributed by atoms with Crippen LogP contribution < -0.4 is 42.7 Å². The average molecular weight is 1060 g/mol. The number of carboxylic acids is 1. The Hall–Kier alpha value is -4.57. The van der Waals surface area contributed by atoms with Gasteiger partial charge in [0.15, 0.2) is 11.5 Å². The van der Waals surface area contributed by atoms with Crippen molar-refractivity contribution in [2.45, 2.75) is 19.6 Å². The molecule has 0 spiro atoms. The van der Waals surface area contributed by atoms with Crippen LogP contribution in [-0.4, -0.2) is 24.1 Å². The number of anilines is 1. The van der Waals surface area contributed by atoms with Crippen LogP contribution in [0.15, 0.2) is 200 Å². The van der Waals surface area contributed by atoms with Gasteiger partial charge in [-0.3, -0.25) is 0 Å². The summed E-state index contributed by atoms with van der Waals surface area (Å²) in [4.78, 5) is 14.8. The Bertz CT molecular complexity index is 2370. The van der Waals surface area contributed by atoms with E-state index in [-0.39, 0.29) is 27.2 Å². The van der Waals surface area contributed by atoms with Crippen molar-refractivity contribution in [1.82, 2.24) is 4.98 Å². The fourth-order valence-electron chi connectivity index (χ4n) is 6.79. The van der Waals surface area contributed by atoms with Crippen molar-refractivity contribution in [3.8, 4) is 11.3 Å². The van der Waals surface area contributed by atoms with Gasteiger partial charge in [-0.05, 0) is 84.0 Å². The predicted octanol–water partition coefficient (Wildman–Crippen LogP) is 11.2. The third-order valence-corrected chi connectivity index (χ3v) is 17.6. The van der Waals surface area contributed by atoms with Crippen molar-refractivity contribution < 1.29 is 34.6 Å². The maximum Gasteiger partial charge on any atom is 0.102 e. The van der Waals surface area contributed by atoms with Crippen LogP contribution in [0, 0.1) is 11.6 Å². The van der Waals surface area contributed by atoms with Gasteiger partial charge in [-0.2, -0.15) is 0 Å². The first-order valence-electron chi connectivity index (χ1n) is 19.9. The smallest absolute Gasteiger partial charge is 0.0620 e. The number of nitrogens with two attached hydrogens (primary N) is 1. The summed E-state index contributed by atoms with van der Waals surface area (Å²) in [6.45, 7) is 5.94. The molecule has 3 N–H and O–H groups in total. The fraction of sp³-hybridized carbons (Fsp3) is 0.0588. The van der Waals surface area contributed by atoms with E-state index in [0.717, 1.165) is 6.07 Å². The summed E-state index contributed by atoms with van der Waals surface area (Å²) in [5.74, 6) is -2.89. The van der Waals surface area contributed by atoms with Crippen LogP contribution in [0.25, 0.3) is 11.3 Å². The van der Waals surface area contributed by atoms with Gasteiger partial charge in [-0.15, -0.1) is 0 Å². The van der Waals surface area contributed by atoms with Crippen LogP contribution in [0.3, 0.4) is 0 Å². The molecular formula is C51H47Cl3F2N2O2P2PdSi+2. The number of rotatable bonds is 9. The molecule has 0 aliphatic carbocycles. The van der Waals surface area contributed by atoms with Crippen LogP contribution in [0.2, 0.25) is 24.7 Å². The molecule has 8 rings (SSSR count). The monoisotopic (exact) mass is 1060 g/mol. The zero-order valence-corrected chi connectivity index (χ0v) is 42.0. The first-order chi connectivity index (χ1) is 30.8. The summed E-state index contributed by atoms with van der Waals surface area (Å²) < 4.78 is 28.6. The molecule has 0 saturated heterocycles. The molecule has 13 heteroatoms. The molecule has 64 heavy (non-hydrogen) atoms. The first kappa shape index (κ1) is 50.4. The second-order valence-corrected chi connectivity index (χ2v) is 27.8. The average Bonchev–Trinajstić information content (AvgIpc) is 3.31. The normalized spacial score (nSPS) is 10.8. The zero-order valence-electron chi connectivity index (χ0n) is 35.1. The van der Waals surface area contributed by atoms with E-state index in [4.69, 9.17) is 41.5 Å². The molecule has 0 saturated carbocycles. The van der Waals surface area contributed by atoms with E-state index in [2.05, 4.69) is 187 Å². The Morgan fingerprint density at radius 2 is 0.875 bits per heavy atom. The second-order valence-electron chi connectivity index (χ2n) is 15.1. The molecule has 0 bridgehead atoms. The standard InChI is InChI=1S/2C18H15P.C15H15ClF2N2O2Si.2ClH.Pd/c2*1-4-10-16(11-5-1)19(17-12-6-2-7-13-17)18-14-8-3-9-15-18;1-23(2,3)9-5-4-7(6-8(9)17)13-11(18)12(19)10(16)14(20-13)15(21)22;;;/h2*1-15H;4-6H,1-3H3,(H2,19,20)(H,21,22);2*1H;/q;;;;;+2. The summed E-state index contributed by atoms with van der Waals surface area (Å²) in [6.07, 6.45) is 0. The number of benzene rings is 7. The Morgan fingerprint density at radius 3 is 1.12 bits per heavy atom. The maximum absolute atomic E-state index is 14.3. The molecule has 0 aliphatic heterocycles. The molecule has 0 unspecified atom stereocenters. The first-order valence-corrected chi connectivity index (χ1v) is 30.8. The van der Waals surface area contributed by atoms with Crippen molar-refractivity contribution >= 4 is 103 Å². The number of hydrogen-bond acceptors (Lipinski definition) is 3. The van der Waals surface area contributed by atoms with E-state index in [1.54, 1.807) is 6.07 Å². The molecule has 1 heterocycles. The van der Waals surface area contributed by atoms with Crippen molar-refractivity contribution in [3.63, 3.8) is 0 Å². The molecule has 330 valence electrons. The van der Waals surface area contributed by atoms with E-state index < -0.39 is 57.9 Å². The molecular weight excluding hydrogens is 1010 g/mol. The van der Waals surface area contributed by atoms with Gasteiger partial charge in [-0.25, -0.2) is 18.6 Å². The van der Waals surface area contributed by atoms with Crippen LogP contribution in [-0.2, 0) is 15.9 Å². The summed E-state index contributed by atoms with van der Waals surface area (Å²) >= 11 is 5.59. The third-order valence-electron chi connectivity index (χ3n) is 9.74. The number of halogens is 5. The Balaban J connectivity index is 0.000000176. The van der Waals surface area contributed by atoms with Gasteiger partial charge in [0, 0.05) is 5.56 Å². The molecule has 4 nitrogen and oxygen atoms in total. The number of aromatic carboxylic acids is 1. The second kappa shape index (κ2) is 25.2. The molecule has 8 aromatic rings. The van der Waals surface area contributed by atoms with E-state index in [9.17, 15) is 13.6 Å². The fourth-order valence-corrected chi connectivity index (χ4v) is 13.5. The third kappa shape index (κ3) is 14.0. The Morgan fingerprint density at radius 1 is 0.578 bits per heavy atom. The topological polar surface area (TPSA) is 76.2 Å². The molecule has 0 aliphatic rings. The van der Waals surface area contributed by atoms with E-state index in [1.807, 2.05) is 19.6 Å². The van der Waals surface area contributed by atoms with Gasteiger partial charge in [0.05, 0.1) is 34.6 Å². The van der Waals surface area contributed by atoms with E-state index in [0.29, 0.717) is 5.19 Å². The predicted molar refractivity (Wildman–Crippen MR) is 274 cm³/mol. The van der Waals surface area contributed by atoms with Crippen LogP contribution in [0.1, 0.15) is 10.5 Å². The quantitative estimate of drug-likeness (QED) is 0.112. The summed E-state index contributed by atoms with van der Waals surface area (Å²) in [7, 11) is 5.98. The van der Waals surface area contributed by atoms with Gasteiger partial charge in [0.25, 0.3) is 0 Å². The molecule has 0 radical (unpaired) electrons. The number of carboxylic acid groups (broad SMARTS) is 1. The Kier molecular flexibility index (Phi) is 19.9. The maximum atomic E-state index is 14.3. The number of nitrogen functional groups attached to an aromatic ring is 1. The number of hydrogen-bond donors (Lipinski definition) is 2. The number of aromatic nitrogens is 1. The van der Waals surface area contributed by atoms with Gasteiger partial charge in [0.2, 0.25) is 0 Å². The summed E-state index contributed by atoms with van der Waals surface area (Å²) in [5.41, 5.74) is 4.16. The molecule has 0 amide bonds. The van der Waals surface area contributed by atoms with E-state index >= 15 is 0 Å². The van der Waals surface area contributed by atoms with Crippen LogP contribution in [0.4, 0.5) is 14.5 Å². The number of nitrogens with zero attached hydrogens (tertiary/aromatic N) is 1. The summed E-state index contributed by atoms with van der Waals surface area (Å²) in [5, 5.41) is 17.8. The van der Waals surface area contributed by atoms with Gasteiger partial charge >= 0.3 is 41.0 Å². The Labute approximate surface area is 399 Å². The van der Waals surface area contributed by atoms with E-state index in [1.165, 1.54) is 37.9 Å². The molecule has 0 fully saturated rings. The largest absolute Gasteiger partial charge is 0.102 e. The van der Waals surface area contributed by atoms with Crippen LogP contribution in [0.5, 0.6) is 0 Å². The van der Waals surface area contributed by atoms with Crippen molar-refractivity contribution in [1.29, 1.82) is 0 Å². The minimum Gasteiger partial charge on any atom is -0.0620 e. The number of pyridine rings is 1. The molecule has 0 atom stereocenters. The molecule has 1 aromatic heterocycles. The van der Waals surface area contributed by atoms with Gasteiger partial charge in [-0.1, -0.05) is 153 Å². The summed E-state index contributed by atoms with van der Waals surface area (Å²) in [6, 6.07) is 69.2. The van der Waals surface area contributed by atoms with Gasteiger partial charge in [0.1, 0.15) is 43.3 Å². The van der Waals surface area contributed by atoms with Crippen molar-refractivity contribution in [3.05, 3.63) is 223 Å². The van der Waals surface area contributed by atoms with Crippen molar-refractivity contribution in [2.24, 2.45) is 0 Å². The zero-order chi connectivity index (χ0) is 46.1. The SMILES string of the molecule is C[Si](C)(C)c1ccc(-c2nc(C(=O)O)c(Cl)c(N)c2F)cc1F.[Cl][Pd][Cl].c1ccc([PH+](c2ccccc2)c2ccccc2)cc1.c1ccc([PH+](c2ccccc2)c2ccccc2)cc1. The van der Waals surface area contributed by atoms with Gasteiger partial charge < -0.3 is 10.8 Å². The molecule has 7 aromatic carbocycles. The minimum absolute atomic E-state index is 0.105. The van der Waals surface area contributed by atoms with Crippen molar-refractivity contribution in [2.75, 3.05) is 5.73 Å². The van der Waals surface area contributed by atoms with Crippen LogP contribution >= 0.6 is 46.5 Å².